The highest BCUT2D eigenvalue weighted by Crippen LogP contribution is 2.21. The largest absolute Gasteiger partial charge is 0.481 e. The van der Waals surface area contributed by atoms with Crippen LogP contribution >= 0.6 is 0 Å². The van der Waals surface area contributed by atoms with E-state index in [9.17, 15) is 4.79 Å². The summed E-state index contributed by atoms with van der Waals surface area (Å²) in [6, 6.07) is 22.1. The molecule has 3 rings (SSSR count). The lowest BCUT2D eigenvalue weighted by Crippen LogP contribution is -2.37. The summed E-state index contributed by atoms with van der Waals surface area (Å²) in [5.74, 6) is 0.575. The van der Waals surface area contributed by atoms with E-state index in [2.05, 4.69) is 11.4 Å². The molecule has 0 saturated carbocycles. The van der Waals surface area contributed by atoms with Crippen molar-refractivity contribution in [1.29, 1.82) is 0 Å². The summed E-state index contributed by atoms with van der Waals surface area (Å²) in [7, 11) is 0. The molecule has 3 heteroatoms. The predicted molar refractivity (Wildman–Crippen MR) is 102 cm³/mol. The lowest BCUT2D eigenvalue weighted by Gasteiger charge is -2.19. The van der Waals surface area contributed by atoms with Gasteiger partial charge in [-0.05, 0) is 49.2 Å². The van der Waals surface area contributed by atoms with Gasteiger partial charge in [-0.1, -0.05) is 60.2 Å². The summed E-state index contributed by atoms with van der Waals surface area (Å²) in [5, 5.41) is 5.26. The summed E-state index contributed by atoms with van der Waals surface area (Å²) in [4.78, 5) is 12.4. The summed E-state index contributed by atoms with van der Waals surface area (Å²) >= 11 is 0. The molecule has 0 spiro atoms. The number of hydrogen-bond acceptors (Lipinski definition) is 2. The second-order valence-corrected chi connectivity index (χ2v) is 6.41. The van der Waals surface area contributed by atoms with Crippen LogP contribution in [-0.4, -0.2) is 12.0 Å². The van der Waals surface area contributed by atoms with E-state index in [0.29, 0.717) is 5.75 Å². The molecule has 1 N–H and O–H groups in total. The van der Waals surface area contributed by atoms with Gasteiger partial charge in [-0.15, -0.1) is 0 Å². The molecule has 0 radical (unpaired) electrons. The van der Waals surface area contributed by atoms with E-state index >= 15 is 0 Å². The normalized spacial score (nSPS) is 13.2. The minimum Gasteiger partial charge on any atom is -0.481 e. The van der Waals surface area contributed by atoms with Crippen LogP contribution in [0.15, 0.2) is 66.7 Å². The number of carbonyl (C=O) groups excluding carboxylic acids is 1. The number of fused-ring (bicyclic) bond motifs is 1. The number of benzene rings is 3. The quantitative estimate of drug-likeness (QED) is 0.729. The van der Waals surface area contributed by atoms with Gasteiger partial charge in [-0.3, -0.25) is 4.79 Å². The third-order valence-electron chi connectivity index (χ3n) is 4.34. The maximum atomic E-state index is 12.4. The van der Waals surface area contributed by atoms with E-state index in [-0.39, 0.29) is 11.9 Å². The van der Waals surface area contributed by atoms with Gasteiger partial charge >= 0.3 is 0 Å². The molecular formula is C22H23NO2. The molecule has 1 amide bonds. The van der Waals surface area contributed by atoms with E-state index in [1.165, 1.54) is 5.56 Å². The van der Waals surface area contributed by atoms with Gasteiger partial charge in [-0.2, -0.15) is 0 Å². The Bertz CT molecular complexity index is 871. The monoisotopic (exact) mass is 333 g/mol. The van der Waals surface area contributed by atoms with Crippen LogP contribution in [-0.2, 0) is 4.79 Å². The van der Waals surface area contributed by atoms with Gasteiger partial charge in [0, 0.05) is 0 Å². The maximum Gasteiger partial charge on any atom is 0.261 e. The van der Waals surface area contributed by atoms with Crippen molar-refractivity contribution >= 4 is 16.7 Å². The fraction of sp³-hybridized carbons (Fsp3) is 0.227. The minimum absolute atomic E-state index is 0.0595. The van der Waals surface area contributed by atoms with Crippen molar-refractivity contribution in [2.75, 3.05) is 0 Å². The van der Waals surface area contributed by atoms with E-state index in [0.717, 1.165) is 16.3 Å². The molecule has 0 saturated heterocycles. The molecule has 0 aliphatic heterocycles. The van der Waals surface area contributed by atoms with Crippen molar-refractivity contribution < 1.29 is 9.53 Å². The number of rotatable bonds is 5. The Morgan fingerprint density at radius 3 is 2.32 bits per heavy atom. The summed E-state index contributed by atoms with van der Waals surface area (Å²) in [6.45, 7) is 5.80. The molecule has 2 atom stereocenters. The van der Waals surface area contributed by atoms with Crippen molar-refractivity contribution in [3.63, 3.8) is 0 Å². The molecule has 0 unspecified atom stereocenters. The summed E-state index contributed by atoms with van der Waals surface area (Å²) in [6.07, 6.45) is -0.561. The molecule has 0 fully saturated rings. The Morgan fingerprint density at radius 2 is 1.60 bits per heavy atom. The van der Waals surface area contributed by atoms with Crippen LogP contribution in [0.2, 0.25) is 0 Å². The summed E-state index contributed by atoms with van der Waals surface area (Å²) in [5.41, 5.74) is 2.28. The zero-order valence-corrected chi connectivity index (χ0v) is 14.8. The molecule has 0 aromatic heterocycles. The van der Waals surface area contributed by atoms with Crippen molar-refractivity contribution in [3.8, 4) is 5.75 Å². The molecule has 0 heterocycles. The van der Waals surface area contributed by atoms with Crippen LogP contribution in [0.1, 0.15) is 31.0 Å². The molecule has 25 heavy (non-hydrogen) atoms. The van der Waals surface area contributed by atoms with Crippen LogP contribution in [0, 0.1) is 6.92 Å². The van der Waals surface area contributed by atoms with Crippen molar-refractivity contribution in [3.05, 3.63) is 77.9 Å². The van der Waals surface area contributed by atoms with E-state index in [1.807, 2.05) is 74.5 Å². The second kappa shape index (κ2) is 7.39. The van der Waals surface area contributed by atoms with Gasteiger partial charge in [-0.25, -0.2) is 0 Å². The van der Waals surface area contributed by atoms with E-state index in [4.69, 9.17) is 4.74 Å². The fourth-order valence-electron chi connectivity index (χ4n) is 2.77. The molecule has 0 aliphatic rings. The molecule has 3 aromatic rings. The van der Waals surface area contributed by atoms with Gasteiger partial charge in [0.15, 0.2) is 6.10 Å². The Kier molecular flexibility index (Phi) is 5.03. The zero-order valence-electron chi connectivity index (χ0n) is 14.8. The number of carbonyl (C=O) groups is 1. The number of hydrogen-bond donors (Lipinski definition) is 1. The van der Waals surface area contributed by atoms with Crippen LogP contribution in [0.5, 0.6) is 5.75 Å². The second-order valence-electron chi connectivity index (χ2n) is 6.41. The maximum absolute atomic E-state index is 12.4. The highest BCUT2D eigenvalue weighted by Gasteiger charge is 2.17. The first-order chi connectivity index (χ1) is 12.0. The highest BCUT2D eigenvalue weighted by atomic mass is 16.5. The zero-order chi connectivity index (χ0) is 17.8. The highest BCUT2D eigenvalue weighted by molar-refractivity contribution is 5.84. The Hall–Kier alpha value is -2.81. The Balaban J connectivity index is 1.64. The van der Waals surface area contributed by atoms with Gasteiger partial charge in [0.25, 0.3) is 5.91 Å². The fourth-order valence-corrected chi connectivity index (χ4v) is 2.77. The number of amides is 1. The molecule has 128 valence electrons. The van der Waals surface area contributed by atoms with Gasteiger partial charge in [0.1, 0.15) is 5.75 Å². The average molecular weight is 333 g/mol. The smallest absolute Gasteiger partial charge is 0.261 e. The SMILES string of the molecule is Cc1ccc([C@H](C)NC(=O)[C@@H](C)Oc2ccc3ccccc3c2)cc1. The van der Waals surface area contributed by atoms with Crippen molar-refractivity contribution in [2.45, 2.75) is 32.9 Å². The molecular weight excluding hydrogens is 310 g/mol. The average Bonchev–Trinajstić information content (AvgIpc) is 2.62. The van der Waals surface area contributed by atoms with Crippen molar-refractivity contribution in [2.24, 2.45) is 0 Å². The molecule has 3 nitrogen and oxygen atoms in total. The number of nitrogens with one attached hydrogen (secondary N) is 1. The number of ether oxygens (including phenoxy) is 1. The van der Waals surface area contributed by atoms with Crippen molar-refractivity contribution in [1.82, 2.24) is 5.32 Å². The molecule has 0 bridgehead atoms. The Labute approximate surface area is 148 Å². The van der Waals surface area contributed by atoms with Crippen LogP contribution in [0.25, 0.3) is 10.8 Å². The molecule has 3 aromatic carbocycles. The van der Waals surface area contributed by atoms with Gasteiger partial charge < -0.3 is 10.1 Å². The topological polar surface area (TPSA) is 38.3 Å². The number of aryl methyl sites for hydroxylation is 1. The lowest BCUT2D eigenvalue weighted by atomic mass is 10.1. The predicted octanol–water partition coefficient (Wildman–Crippen LogP) is 4.79. The van der Waals surface area contributed by atoms with Crippen LogP contribution in [0.3, 0.4) is 0 Å². The van der Waals surface area contributed by atoms with Crippen LogP contribution in [0.4, 0.5) is 0 Å². The first-order valence-corrected chi connectivity index (χ1v) is 8.55. The van der Waals surface area contributed by atoms with E-state index < -0.39 is 6.10 Å². The van der Waals surface area contributed by atoms with Crippen LogP contribution < -0.4 is 10.1 Å². The first kappa shape index (κ1) is 17.0. The minimum atomic E-state index is -0.561. The standard InChI is InChI=1S/C22H23NO2/c1-15-8-10-18(11-9-15)16(2)23-22(24)17(3)25-21-13-12-19-6-4-5-7-20(19)14-21/h4-14,16-17H,1-3H3,(H,23,24)/t16-,17+/m0/s1. The Morgan fingerprint density at radius 1 is 0.920 bits per heavy atom. The summed E-state index contributed by atoms with van der Waals surface area (Å²) < 4.78 is 5.83. The van der Waals surface area contributed by atoms with E-state index in [1.54, 1.807) is 6.92 Å². The molecule has 0 aliphatic carbocycles. The van der Waals surface area contributed by atoms with Gasteiger partial charge in [0.05, 0.1) is 6.04 Å². The first-order valence-electron chi connectivity index (χ1n) is 8.55. The third kappa shape index (κ3) is 4.18. The lowest BCUT2D eigenvalue weighted by molar-refractivity contribution is -0.127. The third-order valence-corrected chi connectivity index (χ3v) is 4.34. The van der Waals surface area contributed by atoms with Gasteiger partial charge in [0.2, 0.25) is 0 Å².